The van der Waals surface area contributed by atoms with Gasteiger partial charge in [0.2, 0.25) is 12.7 Å². The Morgan fingerprint density at radius 3 is 2.74 bits per heavy atom. The van der Waals surface area contributed by atoms with Crippen molar-refractivity contribution in [2.75, 3.05) is 13.3 Å². The van der Waals surface area contributed by atoms with Crippen LogP contribution >= 0.6 is 24.0 Å². The highest BCUT2D eigenvalue weighted by atomic mass is 32.2. The van der Waals surface area contributed by atoms with Crippen molar-refractivity contribution in [1.29, 1.82) is 0 Å². The van der Waals surface area contributed by atoms with Crippen LogP contribution in [0.3, 0.4) is 0 Å². The summed E-state index contributed by atoms with van der Waals surface area (Å²) < 4.78 is 11.0. The van der Waals surface area contributed by atoms with E-state index in [4.69, 9.17) is 21.7 Å². The number of thiocarbonyl (C=S) groups is 1. The number of pyridine rings is 1. The maximum atomic E-state index is 12.7. The molecule has 3 heterocycles. The molecule has 31 heavy (non-hydrogen) atoms. The van der Waals surface area contributed by atoms with Crippen LogP contribution in [-0.4, -0.2) is 45.3 Å². The molecule has 0 unspecified atom stereocenters. The Morgan fingerprint density at radius 2 is 1.94 bits per heavy atom. The molecule has 3 amide bonds. The number of amides is 3. The number of hydrogen-bond acceptors (Lipinski definition) is 8. The normalized spacial score (nSPS) is 16.0. The highest BCUT2D eigenvalue weighted by molar-refractivity contribution is 8.26. The maximum absolute atomic E-state index is 12.7. The molecular weight excluding hydrogens is 440 g/mol. The molecule has 1 saturated heterocycles. The number of fused-ring (bicyclic) bond motifs is 1. The molecule has 2 N–H and O–H groups in total. The molecule has 2 aliphatic rings. The van der Waals surface area contributed by atoms with Crippen molar-refractivity contribution in [2.24, 2.45) is 0 Å². The molecule has 0 bridgehead atoms. The second-order valence-corrected chi connectivity index (χ2v) is 8.11. The van der Waals surface area contributed by atoms with Gasteiger partial charge in [-0.3, -0.25) is 35.1 Å². The van der Waals surface area contributed by atoms with Crippen molar-refractivity contribution >= 4 is 52.1 Å². The average molecular weight is 457 g/mol. The Bertz CT molecular complexity index is 1090. The van der Waals surface area contributed by atoms with E-state index < -0.39 is 11.8 Å². The molecular formula is C20H16N4O5S2. The summed E-state index contributed by atoms with van der Waals surface area (Å²) in [6.07, 6.45) is 4.64. The van der Waals surface area contributed by atoms with E-state index in [-0.39, 0.29) is 25.7 Å². The van der Waals surface area contributed by atoms with E-state index in [0.29, 0.717) is 26.3 Å². The number of ether oxygens (including phenoxy) is 2. The fourth-order valence-corrected chi connectivity index (χ4v) is 4.13. The van der Waals surface area contributed by atoms with Crippen LogP contribution in [0.15, 0.2) is 47.6 Å². The molecule has 2 aliphatic heterocycles. The van der Waals surface area contributed by atoms with Crippen molar-refractivity contribution in [3.8, 4) is 11.5 Å². The largest absolute Gasteiger partial charge is 0.454 e. The number of hydrazine groups is 1. The minimum atomic E-state index is -0.465. The topological polar surface area (TPSA) is 110 Å². The third-order valence-electron chi connectivity index (χ3n) is 4.39. The van der Waals surface area contributed by atoms with Crippen LogP contribution in [-0.2, 0) is 9.59 Å². The fraction of sp³-hybridized carbons (Fsp3) is 0.150. The Hall–Kier alpha value is -3.44. The molecule has 0 aliphatic carbocycles. The SMILES string of the molecule is O=C(CCN1C(=O)/C(=C/c2ccc3c(c2)OCO3)SC1=S)NNC(=O)c1ccncc1. The summed E-state index contributed by atoms with van der Waals surface area (Å²) in [4.78, 5) is 42.3. The Labute approximate surface area is 186 Å². The number of rotatable bonds is 5. The van der Waals surface area contributed by atoms with Gasteiger partial charge in [0, 0.05) is 30.9 Å². The standard InChI is InChI=1S/C20H16N4O5S2/c25-17(22-23-18(26)13-3-6-21-7-4-13)5-8-24-19(27)16(31-20(24)30)10-12-1-2-14-15(9-12)29-11-28-14/h1-4,6-7,9-10H,5,8,11H2,(H,22,25)(H,23,26)/b16-10-. The minimum Gasteiger partial charge on any atom is -0.454 e. The van der Waals surface area contributed by atoms with Gasteiger partial charge in [-0.15, -0.1) is 0 Å². The zero-order valence-electron chi connectivity index (χ0n) is 16.0. The summed E-state index contributed by atoms with van der Waals surface area (Å²) in [5.41, 5.74) is 5.78. The molecule has 1 aromatic carbocycles. The number of hydrogen-bond donors (Lipinski definition) is 2. The predicted molar refractivity (Wildman–Crippen MR) is 117 cm³/mol. The fourth-order valence-electron chi connectivity index (χ4n) is 2.82. The van der Waals surface area contributed by atoms with E-state index in [1.54, 1.807) is 18.2 Å². The highest BCUT2D eigenvalue weighted by Crippen LogP contribution is 2.36. The number of nitrogens with one attached hydrogen (secondary N) is 2. The lowest BCUT2D eigenvalue weighted by Gasteiger charge is -2.14. The molecule has 11 heteroatoms. The van der Waals surface area contributed by atoms with Crippen LogP contribution in [0.5, 0.6) is 11.5 Å². The third kappa shape index (κ3) is 4.84. The second kappa shape index (κ2) is 9.14. The van der Waals surface area contributed by atoms with Gasteiger partial charge in [0.15, 0.2) is 11.5 Å². The second-order valence-electron chi connectivity index (χ2n) is 6.43. The molecule has 0 spiro atoms. The van der Waals surface area contributed by atoms with Crippen LogP contribution in [0.1, 0.15) is 22.3 Å². The summed E-state index contributed by atoms with van der Waals surface area (Å²) in [6.45, 7) is 0.270. The number of thioether (sulfide) groups is 1. The number of carbonyl (C=O) groups is 3. The minimum absolute atomic E-state index is 0.0274. The van der Waals surface area contributed by atoms with E-state index in [0.717, 1.165) is 5.56 Å². The summed E-state index contributed by atoms with van der Waals surface area (Å²) in [6, 6.07) is 8.43. The van der Waals surface area contributed by atoms with E-state index in [9.17, 15) is 14.4 Å². The summed E-state index contributed by atoms with van der Waals surface area (Å²) in [5.74, 6) is 0.0898. The Balaban J connectivity index is 1.31. The van der Waals surface area contributed by atoms with Crippen molar-refractivity contribution < 1.29 is 23.9 Å². The highest BCUT2D eigenvalue weighted by Gasteiger charge is 2.32. The van der Waals surface area contributed by atoms with E-state index in [1.165, 1.54) is 41.2 Å². The molecule has 9 nitrogen and oxygen atoms in total. The molecule has 1 aromatic heterocycles. The van der Waals surface area contributed by atoms with E-state index in [2.05, 4.69) is 15.8 Å². The van der Waals surface area contributed by atoms with Crippen molar-refractivity contribution in [3.63, 3.8) is 0 Å². The van der Waals surface area contributed by atoms with Gasteiger partial charge >= 0.3 is 0 Å². The van der Waals surface area contributed by atoms with Gasteiger partial charge in [0.1, 0.15) is 4.32 Å². The first-order valence-corrected chi connectivity index (χ1v) is 10.4. The zero-order chi connectivity index (χ0) is 21.8. The van der Waals surface area contributed by atoms with Crippen LogP contribution in [0.4, 0.5) is 0 Å². The molecule has 0 saturated carbocycles. The summed E-state index contributed by atoms with van der Waals surface area (Å²) in [7, 11) is 0. The first kappa shape index (κ1) is 20.8. The first-order chi connectivity index (χ1) is 15.0. The Morgan fingerprint density at radius 1 is 1.16 bits per heavy atom. The van der Waals surface area contributed by atoms with Gasteiger partial charge in [-0.05, 0) is 35.9 Å². The van der Waals surface area contributed by atoms with Gasteiger partial charge in [-0.1, -0.05) is 30.0 Å². The molecule has 4 rings (SSSR count). The molecule has 0 atom stereocenters. The zero-order valence-corrected chi connectivity index (χ0v) is 17.6. The van der Waals surface area contributed by atoms with Gasteiger partial charge < -0.3 is 9.47 Å². The number of aromatic nitrogens is 1. The van der Waals surface area contributed by atoms with Crippen LogP contribution < -0.4 is 20.3 Å². The van der Waals surface area contributed by atoms with Gasteiger partial charge in [-0.2, -0.15) is 0 Å². The van der Waals surface area contributed by atoms with E-state index in [1.807, 2.05) is 6.07 Å². The lowest BCUT2D eigenvalue weighted by Crippen LogP contribution is -2.43. The average Bonchev–Trinajstić information content (AvgIpc) is 3.35. The van der Waals surface area contributed by atoms with Crippen LogP contribution in [0.25, 0.3) is 6.08 Å². The quantitative estimate of drug-likeness (QED) is 0.399. The summed E-state index contributed by atoms with van der Waals surface area (Å²) in [5, 5.41) is 0. The maximum Gasteiger partial charge on any atom is 0.269 e. The van der Waals surface area contributed by atoms with Gasteiger partial charge in [0.05, 0.1) is 4.91 Å². The molecule has 2 aromatic rings. The smallest absolute Gasteiger partial charge is 0.269 e. The van der Waals surface area contributed by atoms with E-state index >= 15 is 0 Å². The van der Waals surface area contributed by atoms with Crippen molar-refractivity contribution in [3.05, 3.63) is 58.8 Å². The van der Waals surface area contributed by atoms with Crippen molar-refractivity contribution in [2.45, 2.75) is 6.42 Å². The van der Waals surface area contributed by atoms with Crippen molar-refractivity contribution in [1.82, 2.24) is 20.7 Å². The molecule has 0 radical (unpaired) electrons. The van der Waals surface area contributed by atoms with Gasteiger partial charge in [0.25, 0.3) is 11.8 Å². The predicted octanol–water partition coefficient (Wildman–Crippen LogP) is 1.86. The third-order valence-corrected chi connectivity index (χ3v) is 5.77. The lowest BCUT2D eigenvalue weighted by molar-refractivity contribution is -0.124. The molecule has 1 fully saturated rings. The van der Waals surface area contributed by atoms with Crippen LogP contribution in [0.2, 0.25) is 0 Å². The number of benzene rings is 1. The van der Waals surface area contributed by atoms with Crippen LogP contribution in [0, 0.1) is 0 Å². The lowest BCUT2D eigenvalue weighted by atomic mass is 10.2. The number of carbonyl (C=O) groups excluding carboxylic acids is 3. The monoisotopic (exact) mass is 456 g/mol. The number of nitrogens with zero attached hydrogens (tertiary/aromatic N) is 2. The summed E-state index contributed by atoms with van der Waals surface area (Å²) >= 11 is 6.45. The van der Waals surface area contributed by atoms with Gasteiger partial charge in [-0.25, -0.2) is 0 Å². The Kier molecular flexibility index (Phi) is 6.14. The molecule has 158 valence electrons. The first-order valence-electron chi connectivity index (χ1n) is 9.15.